The molecule has 0 amide bonds. The average molecular weight is 378 g/mol. The quantitative estimate of drug-likeness (QED) is 0.851. The van der Waals surface area contributed by atoms with E-state index in [4.69, 9.17) is 9.47 Å². The first-order valence-electron chi connectivity index (χ1n) is 6.79. The number of hydrogen-bond acceptors (Lipinski definition) is 5. The van der Waals surface area contributed by atoms with Crippen molar-refractivity contribution in [2.45, 2.75) is 25.4 Å². The van der Waals surface area contributed by atoms with Gasteiger partial charge in [0.05, 0.1) is 30.2 Å². The molecule has 1 saturated heterocycles. The molecule has 118 valence electrons. The minimum absolute atomic E-state index is 0.250. The van der Waals surface area contributed by atoms with Gasteiger partial charge in [-0.25, -0.2) is 8.42 Å². The van der Waals surface area contributed by atoms with Crippen LogP contribution in [0.2, 0.25) is 0 Å². The van der Waals surface area contributed by atoms with E-state index in [1.807, 2.05) is 12.1 Å². The molecule has 1 aliphatic rings. The van der Waals surface area contributed by atoms with E-state index in [9.17, 15) is 8.42 Å². The van der Waals surface area contributed by atoms with E-state index in [1.165, 1.54) is 0 Å². The van der Waals surface area contributed by atoms with Crippen molar-refractivity contribution in [1.82, 2.24) is 5.32 Å². The van der Waals surface area contributed by atoms with Gasteiger partial charge in [0, 0.05) is 12.6 Å². The topological polar surface area (TPSA) is 64.6 Å². The van der Waals surface area contributed by atoms with Crippen molar-refractivity contribution in [3.63, 3.8) is 0 Å². The van der Waals surface area contributed by atoms with Crippen molar-refractivity contribution < 1.29 is 17.9 Å². The van der Waals surface area contributed by atoms with Crippen LogP contribution in [0.4, 0.5) is 0 Å². The highest BCUT2D eigenvalue weighted by atomic mass is 79.9. The first kappa shape index (κ1) is 16.6. The molecule has 1 fully saturated rings. The van der Waals surface area contributed by atoms with Gasteiger partial charge in [-0.1, -0.05) is 0 Å². The second-order valence-electron chi connectivity index (χ2n) is 5.12. The Morgan fingerprint density at radius 2 is 1.90 bits per heavy atom. The third-order valence-electron chi connectivity index (χ3n) is 3.64. The van der Waals surface area contributed by atoms with Crippen molar-refractivity contribution in [2.75, 3.05) is 25.7 Å². The highest BCUT2D eigenvalue weighted by molar-refractivity contribution is 9.10. The monoisotopic (exact) mass is 377 g/mol. The number of ether oxygens (including phenoxy) is 2. The first-order chi connectivity index (χ1) is 9.95. The highest BCUT2D eigenvalue weighted by Crippen LogP contribution is 2.36. The number of nitrogens with one attached hydrogen (secondary N) is 1. The Kier molecular flexibility index (Phi) is 5.51. The summed E-state index contributed by atoms with van der Waals surface area (Å²) in [7, 11) is 0.396. The zero-order valence-corrected chi connectivity index (χ0v) is 14.6. The molecule has 1 aromatic carbocycles. The zero-order valence-electron chi connectivity index (χ0n) is 12.2. The predicted molar refractivity (Wildman–Crippen MR) is 85.8 cm³/mol. The number of methoxy groups -OCH3 is 2. The molecule has 1 heterocycles. The smallest absolute Gasteiger partial charge is 0.174 e. The van der Waals surface area contributed by atoms with Crippen molar-refractivity contribution in [3.8, 4) is 11.5 Å². The molecule has 0 radical (unpaired) electrons. The molecule has 1 aromatic rings. The fraction of sp³-hybridized carbons (Fsp3) is 0.571. The summed E-state index contributed by atoms with van der Waals surface area (Å²) in [5.41, 5.74) is 1.06. The van der Waals surface area contributed by atoms with Gasteiger partial charge in [0.25, 0.3) is 0 Å². The summed E-state index contributed by atoms with van der Waals surface area (Å²) in [6.45, 7) is 0.670. The Morgan fingerprint density at radius 1 is 1.24 bits per heavy atom. The van der Waals surface area contributed by atoms with Crippen LogP contribution < -0.4 is 14.8 Å². The summed E-state index contributed by atoms with van der Waals surface area (Å²) in [4.78, 5) is 0. The van der Waals surface area contributed by atoms with Crippen LogP contribution in [0.15, 0.2) is 16.6 Å². The van der Waals surface area contributed by atoms with Crippen LogP contribution in [0, 0.1) is 0 Å². The van der Waals surface area contributed by atoms with Crippen LogP contribution in [0.25, 0.3) is 0 Å². The molecule has 2 rings (SSSR count). The fourth-order valence-electron chi connectivity index (χ4n) is 2.43. The van der Waals surface area contributed by atoms with Gasteiger partial charge in [-0.05, 0) is 46.5 Å². The van der Waals surface area contributed by atoms with E-state index in [1.54, 1.807) is 14.2 Å². The lowest BCUT2D eigenvalue weighted by Gasteiger charge is -2.23. The molecular weight excluding hydrogens is 358 g/mol. The van der Waals surface area contributed by atoms with Crippen LogP contribution in [0.1, 0.15) is 18.4 Å². The average Bonchev–Trinajstić information content (AvgIpc) is 2.45. The Hall–Kier alpha value is -0.790. The second kappa shape index (κ2) is 6.98. The van der Waals surface area contributed by atoms with E-state index in [-0.39, 0.29) is 17.5 Å². The van der Waals surface area contributed by atoms with E-state index >= 15 is 0 Å². The van der Waals surface area contributed by atoms with Crippen LogP contribution >= 0.6 is 15.9 Å². The SMILES string of the molecule is COc1cc(CNC2CCS(=O)(=O)CC2)cc(Br)c1OC. The van der Waals surface area contributed by atoms with Gasteiger partial charge in [0.1, 0.15) is 9.84 Å². The summed E-state index contributed by atoms with van der Waals surface area (Å²) in [5.74, 6) is 1.90. The maximum atomic E-state index is 11.4. The van der Waals surface area contributed by atoms with E-state index < -0.39 is 9.84 Å². The molecule has 0 aliphatic carbocycles. The molecule has 7 heteroatoms. The summed E-state index contributed by atoms with van der Waals surface area (Å²) in [6, 6.07) is 4.16. The van der Waals surface area contributed by atoms with E-state index in [0.717, 1.165) is 10.0 Å². The minimum Gasteiger partial charge on any atom is -0.493 e. The number of rotatable bonds is 5. The van der Waals surface area contributed by atoms with E-state index in [2.05, 4.69) is 21.2 Å². The maximum absolute atomic E-state index is 11.4. The first-order valence-corrected chi connectivity index (χ1v) is 9.41. The summed E-state index contributed by atoms with van der Waals surface area (Å²) >= 11 is 3.47. The van der Waals surface area contributed by atoms with Gasteiger partial charge >= 0.3 is 0 Å². The van der Waals surface area contributed by atoms with Gasteiger partial charge in [-0.3, -0.25) is 0 Å². The largest absolute Gasteiger partial charge is 0.493 e. The molecule has 0 bridgehead atoms. The van der Waals surface area contributed by atoms with Gasteiger partial charge in [-0.2, -0.15) is 0 Å². The van der Waals surface area contributed by atoms with Crippen LogP contribution in [0.5, 0.6) is 11.5 Å². The molecule has 0 atom stereocenters. The predicted octanol–water partition coefficient (Wildman–Crippen LogP) is 2.13. The van der Waals surface area contributed by atoms with Crippen LogP contribution in [-0.4, -0.2) is 40.2 Å². The molecule has 0 aromatic heterocycles. The Labute approximate surface area is 134 Å². The summed E-state index contributed by atoms with van der Waals surface area (Å²) in [6.07, 6.45) is 1.35. The summed E-state index contributed by atoms with van der Waals surface area (Å²) < 4.78 is 34.2. The number of halogens is 1. The maximum Gasteiger partial charge on any atom is 0.174 e. The number of benzene rings is 1. The molecule has 21 heavy (non-hydrogen) atoms. The van der Waals surface area contributed by atoms with Crippen molar-refractivity contribution in [3.05, 3.63) is 22.2 Å². The molecule has 0 spiro atoms. The van der Waals surface area contributed by atoms with Crippen molar-refractivity contribution >= 4 is 25.8 Å². The molecule has 1 aliphatic heterocycles. The Bertz CT molecular complexity index is 589. The standard InChI is InChI=1S/C14H20BrNO4S/c1-19-13-8-10(7-12(15)14(13)20-2)9-16-11-3-5-21(17,18)6-4-11/h7-8,11,16H,3-6,9H2,1-2H3. The fourth-order valence-corrected chi connectivity index (χ4v) is 4.57. The van der Waals surface area contributed by atoms with E-state index in [0.29, 0.717) is 30.9 Å². The lowest BCUT2D eigenvalue weighted by atomic mass is 10.1. The third kappa shape index (κ3) is 4.34. The third-order valence-corrected chi connectivity index (χ3v) is 5.95. The molecule has 5 nitrogen and oxygen atoms in total. The highest BCUT2D eigenvalue weighted by Gasteiger charge is 2.23. The Morgan fingerprint density at radius 3 is 2.48 bits per heavy atom. The van der Waals surface area contributed by atoms with Crippen molar-refractivity contribution in [1.29, 1.82) is 0 Å². The lowest BCUT2D eigenvalue weighted by molar-refractivity contribution is 0.352. The molecule has 0 saturated carbocycles. The van der Waals surface area contributed by atoms with Crippen molar-refractivity contribution in [2.24, 2.45) is 0 Å². The van der Waals surface area contributed by atoms with Gasteiger partial charge in [0.2, 0.25) is 0 Å². The van der Waals surface area contributed by atoms with Gasteiger partial charge in [0.15, 0.2) is 11.5 Å². The van der Waals surface area contributed by atoms with Crippen LogP contribution in [0.3, 0.4) is 0 Å². The number of hydrogen-bond donors (Lipinski definition) is 1. The second-order valence-corrected chi connectivity index (χ2v) is 8.28. The minimum atomic E-state index is -2.81. The number of sulfone groups is 1. The van der Waals surface area contributed by atoms with Gasteiger partial charge < -0.3 is 14.8 Å². The lowest BCUT2D eigenvalue weighted by Crippen LogP contribution is -2.37. The molecule has 1 N–H and O–H groups in total. The normalized spacial score (nSPS) is 18.4. The zero-order chi connectivity index (χ0) is 15.5. The Balaban J connectivity index is 1.99. The summed E-state index contributed by atoms with van der Waals surface area (Å²) in [5, 5.41) is 3.41. The van der Waals surface area contributed by atoms with Crippen LogP contribution in [-0.2, 0) is 16.4 Å². The molecule has 0 unspecified atom stereocenters. The van der Waals surface area contributed by atoms with Gasteiger partial charge in [-0.15, -0.1) is 0 Å². The molecular formula is C14H20BrNO4S.